The number of hydrogen-bond donors (Lipinski definition) is 1. The van der Waals surface area contributed by atoms with Gasteiger partial charge in [-0.15, -0.1) is 0 Å². The minimum Gasteiger partial charge on any atom is -0.486 e. The zero-order valence-electron chi connectivity index (χ0n) is 16.1. The van der Waals surface area contributed by atoms with Gasteiger partial charge >= 0.3 is 0 Å². The van der Waals surface area contributed by atoms with Crippen LogP contribution in [0.3, 0.4) is 0 Å². The van der Waals surface area contributed by atoms with Crippen LogP contribution in [0.15, 0.2) is 74.7 Å². The second kappa shape index (κ2) is 7.80. The van der Waals surface area contributed by atoms with Crippen LogP contribution in [-0.2, 0) is 16.4 Å². The third-order valence-corrected chi connectivity index (χ3v) is 6.00. The molecule has 158 valence electrons. The SMILES string of the molecule is O=S(=O)(Nc1ccccc1Cc1nc(-c2ccco2)no1)c1ccc2c(c1)OCCO2. The first kappa shape index (κ1) is 19.2. The molecule has 0 radical (unpaired) electrons. The van der Waals surface area contributed by atoms with E-state index in [1.807, 2.05) is 0 Å². The standard InChI is InChI=1S/C21H17N3O6S/c25-31(26,15-7-8-17-19(13-15)29-11-10-28-17)24-16-5-2-1-4-14(16)12-20-22-21(23-30-20)18-6-3-9-27-18/h1-9,13,24H,10-12H2. The second-order valence-corrected chi connectivity index (χ2v) is 8.42. The lowest BCUT2D eigenvalue weighted by Gasteiger charge is -2.19. The number of rotatable bonds is 6. The lowest BCUT2D eigenvalue weighted by Crippen LogP contribution is -2.17. The average Bonchev–Trinajstić information content (AvgIpc) is 3.47. The van der Waals surface area contributed by atoms with Crippen molar-refractivity contribution in [3.8, 4) is 23.1 Å². The Morgan fingerprint density at radius 3 is 2.65 bits per heavy atom. The predicted octanol–water partition coefficient (Wildman–Crippen LogP) is 3.49. The summed E-state index contributed by atoms with van der Waals surface area (Å²) in [5, 5.41) is 3.90. The number of benzene rings is 2. The smallest absolute Gasteiger partial charge is 0.262 e. The van der Waals surface area contributed by atoms with Crippen LogP contribution in [0.25, 0.3) is 11.6 Å². The zero-order chi connectivity index (χ0) is 21.3. The van der Waals surface area contributed by atoms with Gasteiger partial charge in [-0.05, 0) is 35.9 Å². The fourth-order valence-corrected chi connectivity index (χ4v) is 4.28. The minimum atomic E-state index is -3.86. The van der Waals surface area contributed by atoms with Gasteiger partial charge in [0.2, 0.25) is 11.7 Å². The van der Waals surface area contributed by atoms with Gasteiger partial charge in [0.15, 0.2) is 17.3 Å². The molecule has 2 aromatic carbocycles. The number of hydrogen-bond acceptors (Lipinski definition) is 8. The summed E-state index contributed by atoms with van der Waals surface area (Å²) in [5.41, 5.74) is 1.09. The van der Waals surface area contributed by atoms with Crippen molar-refractivity contribution in [3.05, 3.63) is 72.3 Å². The van der Waals surface area contributed by atoms with E-state index in [4.69, 9.17) is 18.4 Å². The Balaban J connectivity index is 1.39. The molecule has 0 fully saturated rings. The molecule has 0 spiro atoms. The molecule has 0 aliphatic carbocycles. The van der Waals surface area contributed by atoms with Crippen molar-refractivity contribution < 1.29 is 26.8 Å². The molecule has 10 heteroatoms. The lowest BCUT2D eigenvalue weighted by molar-refractivity contribution is 0.171. The molecule has 1 aliphatic heterocycles. The third-order valence-electron chi connectivity index (χ3n) is 4.64. The van der Waals surface area contributed by atoms with Gasteiger partial charge in [-0.25, -0.2) is 8.42 Å². The number of fused-ring (bicyclic) bond motifs is 1. The molecule has 0 saturated heterocycles. The van der Waals surface area contributed by atoms with Crippen LogP contribution in [-0.4, -0.2) is 31.8 Å². The second-order valence-electron chi connectivity index (χ2n) is 6.73. The first-order valence-corrected chi connectivity index (χ1v) is 10.9. The molecule has 0 saturated carbocycles. The van der Waals surface area contributed by atoms with Crippen LogP contribution in [0.1, 0.15) is 11.5 Å². The van der Waals surface area contributed by atoms with Crippen molar-refractivity contribution in [1.82, 2.24) is 10.1 Å². The van der Waals surface area contributed by atoms with E-state index in [0.717, 1.165) is 0 Å². The Kier molecular flexibility index (Phi) is 4.83. The van der Waals surface area contributed by atoms with Crippen LogP contribution in [0.5, 0.6) is 11.5 Å². The van der Waals surface area contributed by atoms with Gasteiger partial charge in [0.25, 0.3) is 10.0 Å². The molecule has 0 unspecified atom stereocenters. The van der Waals surface area contributed by atoms with E-state index in [1.54, 1.807) is 42.5 Å². The molecule has 4 aromatic rings. The van der Waals surface area contributed by atoms with Crippen molar-refractivity contribution in [1.29, 1.82) is 0 Å². The highest BCUT2D eigenvalue weighted by Gasteiger charge is 2.21. The van der Waals surface area contributed by atoms with Gasteiger partial charge in [0.1, 0.15) is 13.2 Å². The van der Waals surface area contributed by atoms with Gasteiger partial charge < -0.3 is 18.4 Å². The highest BCUT2D eigenvalue weighted by atomic mass is 32.2. The first-order chi connectivity index (χ1) is 15.1. The van der Waals surface area contributed by atoms with Crippen LogP contribution >= 0.6 is 0 Å². The molecule has 3 heterocycles. The summed E-state index contributed by atoms with van der Waals surface area (Å²) < 4.78 is 50.1. The highest BCUT2D eigenvalue weighted by molar-refractivity contribution is 7.92. The van der Waals surface area contributed by atoms with E-state index >= 15 is 0 Å². The van der Waals surface area contributed by atoms with E-state index in [1.165, 1.54) is 18.4 Å². The summed E-state index contributed by atoms with van der Waals surface area (Å²) in [4.78, 5) is 4.39. The minimum absolute atomic E-state index is 0.0736. The Hall–Kier alpha value is -3.79. The van der Waals surface area contributed by atoms with E-state index < -0.39 is 10.0 Å². The maximum atomic E-state index is 13.0. The maximum Gasteiger partial charge on any atom is 0.262 e. The van der Waals surface area contributed by atoms with Crippen molar-refractivity contribution in [2.75, 3.05) is 17.9 Å². The molecule has 0 bridgehead atoms. The first-order valence-electron chi connectivity index (χ1n) is 9.45. The molecule has 31 heavy (non-hydrogen) atoms. The van der Waals surface area contributed by atoms with Crippen molar-refractivity contribution in [2.45, 2.75) is 11.3 Å². The molecule has 1 N–H and O–H groups in total. The molecular formula is C21H17N3O6S. The van der Waals surface area contributed by atoms with E-state index in [2.05, 4.69) is 14.9 Å². The molecule has 0 amide bonds. The molecular weight excluding hydrogens is 422 g/mol. The van der Waals surface area contributed by atoms with Gasteiger partial charge in [0, 0.05) is 6.07 Å². The normalized spacial score (nSPS) is 13.2. The van der Waals surface area contributed by atoms with Crippen LogP contribution in [0, 0.1) is 0 Å². The summed E-state index contributed by atoms with van der Waals surface area (Å²) in [7, 11) is -3.86. The van der Waals surface area contributed by atoms with E-state index in [0.29, 0.717) is 53.4 Å². The monoisotopic (exact) mass is 439 g/mol. The number of furan rings is 1. The van der Waals surface area contributed by atoms with Crippen molar-refractivity contribution >= 4 is 15.7 Å². The summed E-state index contributed by atoms with van der Waals surface area (Å²) in [6.45, 7) is 0.805. The Labute approximate surface area is 177 Å². The van der Waals surface area contributed by atoms with E-state index in [9.17, 15) is 8.42 Å². The van der Waals surface area contributed by atoms with Gasteiger partial charge in [-0.3, -0.25) is 4.72 Å². The number of aromatic nitrogens is 2. The molecule has 5 rings (SSSR count). The fraction of sp³-hybridized carbons (Fsp3) is 0.143. The number of anilines is 1. The Morgan fingerprint density at radius 1 is 0.968 bits per heavy atom. The van der Waals surface area contributed by atoms with Crippen LogP contribution in [0.2, 0.25) is 0 Å². The summed E-state index contributed by atoms with van der Waals surface area (Å²) in [6, 6.07) is 15.0. The Morgan fingerprint density at radius 2 is 1.81 bits per heavy atom. The van der Waals surface area contributed by atoms with Gasteiger partial charge in [0.05, 0.1) is 23.3 Å². The van der Waals surface area contributed by atoms with Gasteiger partial charge in [-0.1, -0.05) is 23.4 Å². The number of para-hydroxylation sites is 1. The molecule has 2 aromatic heterocycles. The molecule has 1 aliphatic rings. The van der Waals surface area contributed by atoms with Crippen molar-refractivity contribution in [3.63, 3.8) is 0 Å². The summed E-state index contributed by atoms with van der Waals surface area (Å²) in [5.74, 6) is 2.07. The van der Waals surface area contributed by atoms with Crippen LogP contribution in [0.4, 0.5) is 5.69 Å². The number of sulfonamides is 1. The van der Waals surface area contributed by atoms with Crippen LogP contribution < -0.4 is 14.2 Å². The van der Waals surface area contributed by atoms with Crippen molar-refractivity contribution in [2.24, 2.45) is 0 Å². The number of nitrogens with zero attached hydrogens (tertiary/aromatic N) is 2. The Bertz CT molecular complexity index is 1310. The number of nitrogens with one attached hydrogen (secondary N) is 1. The largest absolute Gasteiger partial charge is 0.486 e. The quantitative estimate of drug-likeness (QED) is 0.485. The topological polar surface area (TPSA) is 117 Å². The average molecular weight is 439 g/mol. The van der Waals surface area contributed by atoms with E-state index in [-0.39, 0.29) is 11.3 Å². The highest BCUT2D eigenvalue weighted by Crippen LogP contribution is 2.33. The van der Waals surface area contributed by atoms with Gasteiger partial charge in [-0.2, -0.15) is 4.98 Å². The zero-order valence-corrected chi connectivity index (χ0v) is 17.0. The number of ether oxygens (including phenoxy) is 2. The lowest BCUT2D eigenvalue weighted by atomic mass is 10.1. The third kappa shape index (κ3) is 3.97. The molecule has 9 nitrogen and oxygen atoms in total. The predicted molar refractivity (Wildman–Crippen MR) is 109 cm³/mol. The summed E-state index contributed by atoms with van der Waals surface area (Å²) >= 11 is 0. The maximum absolute atomic E-state index is 13.0. The summed E-state index contributed by atoms with van der Waals surface area (Å²) in [6.07, 6.45) is 1.76. The fourth-order valence-electron chi connectivity index (χ4n) is 3.16. The molecule has 0 atom stereocenters.